The van der Waals surface area contributed by atoms with Gasteiger partial charge in [0.05, 0.1) is 20.3 Å². The van der Waals surface area contributed by atoms with Crippen molar-refractivity contribution in [3.63, 3.8) is 0 Å². The van der Waals surface area contributed by atoms with Crippen LogP contribution < -0.4 is 4.74 Å². The van der Waals surface area contributed by atoms with Crippen LogP contribution in [0.4, 0.5) is 0 Å². The fourth-order valence-corrected chi connectivity index (χ4v) is 1.62. The molecule has 1 aromatic rings. The molecule has 0 spiro atoms. The van der Waals surface area contributed by atoms with Gasteiger partial charge in [-0.3, -0.25) is 4.79 Å². The van der Waals surface area contributed by atoms with E-state index < -0.39 is 5.60 Å². The van der Waals surface area contributed by atoms with Crippen molar-refractivity contribution in [2.75, 3.05) is 20.3 Å². The van der Waals surface area contributed by atoms with E-state index >= 15 is 0 Å². The Balaban J connectivity index is 2.03. The number of carbonyl (C=O) groups excluding carboxylic acids is 1. The molecule has 0 radical (unpaired) electrons. The van der Waals surface area contributed by atoms with Crippen LogP contribution in [0.15, 0.2) is 24.3 Å². The van der Waals surface area contributed by atoms with E-state index in [0.29, 0.717) is 11.3 Å². The molecule has 0 saturated carbocycles. The third kappa shape index (κ3) is 2.23. The number of carbonyl (C=O) groups is 1. The summed E-state index contributed by atoms with van der Waals surface area (Å²) in [6, 6.07) is 6.86. The first-order chi connectivity index (χ1) is 7.63. The number of aliphatic hydroxyl groups is 1. The Labute approximate surface area is 93.8 Å². The lowest BCUT2D eigenvalue weighted by Crippen LogP contribution is -2.50. The molecule has 86 valence electrons. The quantitative estimate of drug-likeness (QED) is 0.773. The van der Waals surface area contributed by atoms with Gasteiger partial charge in [-0.2, -0.15) is 0 Å². The van der Waals surface area contributed by atoms with Crippen LogP contribution in [0.2, 0.25) is 0 Å². The van der Waals surface area contributed by atoms with Crippen LogP contribution in [0.1, 0.15) is 16.8 Å². The third-order valence-electron chi connectivity index (χ3n) is 2.64. The number of hydrogen-bond donors (Lipinski definition) is 1. The minimum absolute atomic E-state index is 0.0755. The molecule has 1 saturated heterocycles. The average Bonchev–Trinajstić information content (AvgIpc) is 2.27. The second-order valence-electron chi connectivity index (χ2n) is 4.05. The highest BCUT2D eigenvalue weighted by Gasteiger charge is 2.38. The summed E-state index contributed by atoms with van der Waals surface area (Å²) in [4.78, 5) is 11.8. The number of hydrogen-bond acceptors (Lipinski definition) is 4. The zero-order chi connectivity index (χ0) is 11.6. The summed E-state index contributed by atoms with van der Waals surface area (Å²) < 4.78 is 9.89. The van der Waals surface area contributed by atoms with Gasteiger partial charge in [-0.25, -0.2) is 0 Å². The van der Waals surface area contributed by atoms with Gasteiger partial charge in [-0.05, 0) is 24.3 Å². The topological polar surface area (TPSA) is 55.8 Å². The van der Waals surface area contributed by atoms with Gasteiger partial charge >= 0.3 is 0 Å². The van der Waals surface area contributed by atoms with Crippen LogP contribution >= 0.6 is 0 Å². The Kier molecular flexibility index (Phi) is 2.94. The van der Waals surface area contributed by atoms with Crippen molar-refractivity contribution >= 4 is 5.78 Å². The number of ether oxygens (including phenoxy) is 2. The molecular weight excluding hydrogens is 208 g/mol. The molecule has 1 fully saturated rings. The Morgan fingerprint density at radius 2 is 2.06 bits per heavy atom. The molecule has 1 aromatic carbocycles. The van der Waals surface area contributed by atoms with Crippen LogP contribution in [-0.4, -0.2) is 36.8 Å². The molecule has 4 heteroatoms. The van der Waals surface area contributed by atoms with E-state index in [1.54, 1.807) is 31.4 Å². The largest absolute Gasteiger partial charge is 0.497 e. The van der Waals surface area contributed by atoms with Crippen molar-refractivity contribution in [2.24, 2.45) is 0 Å². The smallest absolute Gasteiger partial charge is 0.165 e. The minimum Gasteiger partial charge on any atom is -0.497 e. The van der Waals surface area contributed by atoms with E-state index in [0.717, 1.165) is 0 Å². The summed E-state index contributed by atoms with van der Waals surface area (Å²) in [5.74, 6) is 0.635. The normalized spacial score (nSPS) is 17.6. The Bertz CT molecular complexity index is 379. The molecule has 16 heavy (non-hydrogen) atoms. The molecule has 2 rings (SSSR count). The molecule has 1 N–H and O–H groups in total. The van der Waals surface area contributed by atoms with E-state index in [1.165, 1.54) is 0 Å². The van der Waals surface area contributed by atoms with Crippen LogP contribution in [-0.2, 0) is 4.74 Å². The first-order valence-electron chi connectivity index (χ1n) is 5.10. The molecule has 0 bridgehead atoms. The first-order valence-corrected chi connectivity index (χ1v) is 5.10. The first kappa shape index (κ1) is 11.1. The summed E-state index contributed by atoms with van der Waals surface area (Å²) in [6.45, 7) is 0.490. The maximum Gasteiger partial charge on any atom is 0.165 e. The van der Waals surface area contributed by atoms with Crippen LogP contribution in [0, 0.1) is 0 Å². The Morgan fingerprint density at radius 1 is 1.44 bits per heavy atom. The number of Topliss-reactive ketones (excluding diaryl/α,β-unsaturated/α-hetero) is 1. The van der Waals surface area contributed by atoms with Gasteiger partial charge in [0.1, 0.15) is 11.4 Å². The molecule has 4 nitrogen and oxygen atoms in total. The van der Waals surface area contributed by atoms with E-state index in [2.05, 4.69) is 0 Å². The fourth-order valence-electron chi connectivity index (χ4n) is 1.62. The van der Waals surface area contributed by atoms with Crippen molar-refractivity contribution < 1.29 is 19.4 Å². The maximum absolute atomic E-state index is 11.8. The molecule has 1 aliphatic rings. The summed E-state index contributed by atoms with van der Waals surface area (Å²) in [7, 11) is 1.57. The van der Waals surface area contributed by atoms with Gasteiger partial charge in [-0.15, -0.1) is 0 Å². The molecule has 1 aliphatic heterocycles. The minimum atomic E-state index is -0.961. The monoisotopic (exact) mass is 222 g/mol. The van der Waals surface area contributed by atoms with Gasteiger partial charge in [-0.1, -0.05) is 0 Å². The molecular formula is C12H14O4. The van der Waals surface area contributed by atoms with Crippen molar-refractivity contribution in [1.29, 1.82) is 0 Å². The average molecular weight is 222 g/mol. The number of methoxy groups -OCH3 is 1. The predicted octanol–water partition coefficient (Wildman–Crippen LogP) is 1.03. The van der Waals surface area contributed by atoms with Crippen molar-refractivity contribution in [1.82, 2.24) is 0 Å². The van der Waals surface area contributed by atoms with Gasteiger partial charge in [0.15, 0.2) is 5.78 Å². The van der Waals surface area contributed by atoms with Crippen LogP contribution in [0.25, 0.3) is 0 Å². The summed E-state index contributed by atoms with van der Waals surface area (Å²) >= 11 is 0. The Morgan fingerprint density at radius 3 is 2.50 bits per heavy atom. The lowest BCUT2D eigenvalue weighted by Gasteiger charge is -2.35. The molecule has 1 heterocycles. The van der Waals surface area contributed by atoms with Gasteiger partial charge in [0.2, 0.25) is 0 Å². The zero-order valence-electron chi connectivity index (χ0n) is 9.10. The van der Waals surface area contributed by atoms with Crippen LogP contribution in [0.5, 0.6) is 5.75 Å². The number of rotatable bonds is 4. The van der Waals surface area contributed by atoms with E-state index in [4.69, 9.17) is 9.47 Å². The highest BCUT2D eigenvalue weighted by atomic mass is 16.5. The van der Waals surface area contributed by atoms with Crippen LogP contribution in [0.3, 0.4) is 0 Å². The van der Waals surface area contributed by atoms with Crippen molar-refractivity contribution in [2.45, 2.75) is 12.0 Å². The SMILES string of the molecule is COc1ccc(C(=O)CC2(O)COC2)cc1. The second-order valence-corrected chi connectivity index (χ2v) is 4.05. The molecule has 0 atom stereocenters. The number of benzene rings is 1. The number of ketones is 1. The Hall–Kier alpha value is -1.39. The zero-order valence-corrected chi connectivity index (χ0v) is 9.10. The second kappa shape index (κ2) is 4.23. The highest BCUT2D eigenvalue weighted by molar-refractivity contribution is 5.96. The van der Waals surface area contributed by atoms with Gasteiger partial charge < -0.3 is 14.6 Å². The van der Waals surface area contributed by atoms with Crippen molar-refractivity contribution in [3.05, 3.63) is 29.8 Å². The summed E-state index contributed by atoms with van der Waals surface area (Å²) in [5.41, 5.74) is -0.377. The summed E-state index contributed by atoms with van der Waals surface area (Å²) in [5, 5.41) is 9.77. The maximum atomic E-state index is 11.8. The third-order valence-corrected chi connectivity index (χ3v) is 2.64. The molecule has 0 unspecified atom stereocenters. The van der Waals surface area contributed by atoms with Crippen molar-refractivity contribution in [3.8, 4) is 5.75 Å². The van der Waals surface area contributed by atoms with Gasteiger partial charge in [0.25, 0.3) is 0 Å². The van der Waals surface area contributed by atoms with E-state index in [9.17, 15) is 9.90 Å². The predicted molar refractivity (Wildman–Crippen MR) is 57.7 cm³/mol. The molecule has 0 aliphatic carbocycles. The fraction of sp³-hybridized carbons (Fsp3) is 0.417. The highest BCUT2D eigenvalue weighted by Crippen LogP contribution is 2.23. The molecule has 0 aromatic heterocycles. The molecule has 0 amide bonds. The lowest BCUT2D eigenvalue weighted by molar-refractivity contribution is -0.175. The van der Waals surface area contributed by atoms with E-state index in [-0.39, 0.29) is 25.4 Å². The lowest BCUT2D eigenvalue weighted by atomic mass is 9.92. The van der Waals surface area contributed by atoms with Gasteiger partial charge in [0, 0.05) is 12.0 Å². The standard InChI is InChI=1S/C12H14O4/c1-15-10-4-2-9(3-5-10)11(13)6-12(14)7-16-8-12/h2-5,14H,6-8H2,1H3. The summed E-state index contributed by atoms with van der Waals surface area (Å²) in [6.07, 6.45) is 0.110. The van der Waals surface area contributed by atoms with E-state index in [1.807, 2.05) is 0 Å².